The average molecular weight is 883 g/mol. The van der Waals surface area contributed by atoms with E-state index in [1.165, 1.54) is 49.7 Å². The molecule has 3 atom stereocenters. The molecule has 0 saturated carbocycles. The number of nitrogens with one attached hydrogen (secondary N) is 3. The standard InChI is InChI=1S/C45H42F4N8O7/c1-26(58)33-18-29(46)19-36-38(33)40(52)39(42-53-25-54-57(42)3)41(56-36)28-8-12-31(13-9-28)62-16-4-14-61-15-5-17-63-37-21-30(20-35(34(37)23-51)45(47,48)49)55-43(59)44(2,60)24-64-32-10-6-27(22-50)7-11-32/h6-13,18-21,25,39,41,52,56,60H,4-5,14-17,24H2,1-3H3,(H,55,59)/t39-,41+,44+/m0/s1. The fourth-order valence-electron chi connectivity index (χ4n) is 6.89. The number of Topliss-reactive ketones (excluding diaryl/α,β-unsaturated/α-hetero) is 1. The minimum atomic E-state index is -4.98. The average Bonchev–Trinajstić information content (AvgIpc) is 3.69. The van der Waals surface area contributed by atoms with E-state index < -0.39 is 58.9 Å². The Balaban J connectivity index is 0.986. The Kier molecular flexibility index (Phi) is 14.3. The van der Waals surface area contributed by atoms with Crippen LogP contribution in [-0.4, -0.2) is 75.9 Å². The van der Waals surface area contributed by atoms with Gasteiger partial charge in [0.15, 0.2) is 11.4 Å². The number of anilines is 2. The Hall–Kier alpha value is -7.35. The van der Waals surface area contributed by atoms with Crippen molar-refractivity contribution in [2.45, 2.75) is 50.4 Å². The summed E-state index contributed by atoms with van der Waals surface area (Å²) in [6, 6.07) is 19.9. The molecule has 5 aromatic rings. The highest BCUT2D eigenvalue weighted by Gasteiger charge is 2.40. The van der Waals surface area contributed by atoms with Crippen molar-refractivity contribution in [2.24, 2.45) is 7.05 Å². The number of alkyl halides is 3. The van der Waals surface area contributed by atoms with Crippen molar-refractivity contribution in [3.8, 4) is 29.4 Å². The SMILES string of the molecule is CC(=O)c1cc(F)cc2c1C(=N)[C@H](c1ncnn1C)[C@@H](c1ccc(OCCCOCCCOc3cc(NC(=O)[C@](C)(O)COc4ccc(C#N)cc4)cc(C(F)(F)F)c3C#N)cc1)N2. The van der Waals surface area contributed by atoms with Crippen molar-refractivity contribution < 1.29 is 51.2 Å². The number of amides is 1. The Bertz CT molecular complexity index is 2600. The van der Waals surface area contributed by atoms with E-state index in [9.17, 15) is 37.5 Å². The quantitative estimate of drug-likeness (QED) is 0.0389. The highest BCUT2D eigenvalue weighted by Crippen LogP contribution is 2.44. The first-order valence-corrected chi connectivity index (χ1v) is 19.8. The minimum absolute atomic E-state index is 0.0975. The van der Waals surface area contributed by atoms with E-state index in [-0.39, 0.29) is 61.3 Å². The predicted molar refractivity (Wildman–Crippen MR) is 223 cm³/mol. The number of nitrogens with zero attached hydrogens (tertiary/aromatic N) is 5. The molecule has 1 aliphatic heterocycles. The summed E-state index contributed by atoms with van der Waals surface area (Å²) in [5, 5.41) is 48.2. The van der Waals surface area contributed by atoms with Gasteiger partial charge in [0.1, 0.15) is 53.5 Å². The van der Waals surface area contributed by atoms with Crippen LogP contribution >= 0.6 is 0 Å². The number of benzene rings is 4. The smallest absolute Gasteiger partial charge is 0.417 e. The molecule has 2 heterocycles. The van der Waals surface area contributed by atoms with E-state index in [1.807, 2.05) is 18.2 Å². The highest BCUT2D eigenvalue weighted by molar-refractivity contribution is 6.16. The fourth-order valence-corrected chi connectivity index (χ4v) is 6.89. The molecular formula is C45H42F4N8O7. The number of halogens is 4. The number of ether oxygens (including phenoxy) is 4. The van der Waals surface area contributed by atoms with Gasteiger partial charge in [-0.15, -0.1) is 0 Å². The third-order valence-electron chi connectivity index (χ3n) is 10.1. The zero-order chi connectivity index (χ0) is 46.2. The van der Waals surface area contributed by atoms with Crippen LogP contribution in [0.2, 0.25) is 0 Å². The zero-order valence-corrected chi connectivity index (χ0v) is 34.8. The third kappa shape index (κ3) is 10.8. The molecule has 0 aliphatic carbocycles. The Morgan fingerprint density at radius 1 is 0.938 bits per heavy atom. The van der Waals surface area contributed by atoms with E-state index in [2.05, 4.69) is 20.7 Å². The van der Waals surface area contributed by atoms with Crippen LogP contribution in [0.5, 0.6) is 17.2 Å². The summed E-state index contributed by atoms with van der Waals surface area (Å²) in [5.74, 6) is -1.89. The van der Waals surface area contributed by atoms with Gasteiger partial charge in [0.05, 0.1) is 48.1 Å². The van der Waals surface area contributed by atoms with Crippen LogP contribution in [0.1, 0.15) is 82.6 Å². The summed E-state index contributed by atoms with van der Waals surface area (Å²) in [4.78, 5) is 29.8. The molecule has 1 aromatic heterocycles. The van der Waals surface area contributed by atoms with Gasteiger partial charge in [-0.1, -0.05) is 12.1 Å². The van der Waals surface area contributed by atoms with Crippen LogP contribution in [-0.2, 0) is 22.8 Å². The molecule has 332 valence electrons. The van der Waals surface area contributed by atoms with Crippen molar-refractivity contribution in [1.82, 2.24) is 14.8 Å². The lowest BCUT2D eigenvalue weighted by Crippen LogP contribution is -2.45. The molecule has 4 N–H and O–H groups in total. The van der Waals surface area contributed by atoms with Crippen LogP contribution in [0.4, 0.5) is 28.9 Å². The van der Waals surface area contributed by atoms with E-state index in [4.69, 9.17) is 29.6 Å². The predicted octanol–water partition coefficient (Wildman–Crippen LogP) is 7.26. The van der Waals surface area contributed by atoms with Crippen LogP contribution < -0.4 is 24.8 Å². The van der Waals surface area contributed by atoms with Crippen molar-refractivity contribution in [2.75, 3.05) is 43.7 Å². The maximum absolute atomic E-state index is 14.6. The van der Waals surface area contributed by atoms with Crippen molar-refractivity contribution in [1.29, 1.82) is 15.9 Å². The van der Waals surface area contributed by atoms with Gasteiger partial charge in [0.25, 0.3) is 5.91 Å². The van der Waals surface area contributed by atoms with Gasteiger partial charge in [-0.3, -0.25) is 14.3 Å². The van der Waals surface area contributed by atoms with Crippen molar-refractivity contribution in [3.05, 3.63) is 124 Å². The zero-order valence-electron chi connectivity index (χ0n) is 34.8. The summed E-state index contributed by atoms with van der Waals surface area (Å²) < 4.78 is 80.8. The molecule has 0 spiro atoms. The normalized spacial score (nSPS) is 15.4. The largest absolute Gasteiger partial charge is 0.494 e. The Morgan fingerprint density at radius 3 is 2.20 bits per heavy atom. The topological polar surface area (TPSA) is 217 Å². The molecule has 0 bridgehead atoms. The minimum Gasteiger partial charge on any atom is -0.494 e. The molecule has 6 rings (SSSR count). The van der Waals surface area contributed by atoms with Crippen LogP contribution in [0, 0.1) is 33.9 Å². The molecule has 0 radical (unpaired) electrons. The highest BCUT2D eigenvalue weighted by atomic mass is 19.4. The number of fused-ring (bicyclic) bond motifs is 1. The number of rotatable bonds is 18. The lowest BCUT2D eigenvalue weighted by Gasteiger charge is -2.36. The van der Waals surface area contributed by atoms with Gasteiger partial charge in [0, 0.05) is 61.7 Å². The maximum atomic E-state index is 14.6. The number of aryl methyl sites for hydroxylation is 1. The van der Waals surface area contributed by atoms with E-state index in [0.29, 0.717) is 40.9 Å². The van der Waals surface area contributed by atoms with Crippen molar-refractivity contribution >= 4 is 28.8 Å². The maximum Gasteiger partial charge on any atom is 0.417 e. The molecule has 0 unspecified atom stereocenters. The van der Waals surface area contributed by atoms with Gasteiger partial charge < -0.3 is 40.1 Å². The molecule has 0 fully saturated rings. The van der Waals surface area contributed by atoms with E-state index >= 15 is 0 Å². The summed E-state index contributed by atoms with van der Waals surface area (Å²) in [7, 11) is 1.70. The lowest BCUT2D eigenvalue weighted by atomic mass is 9.79. The second-order valence-electron chi connectivity index (χ2n) is 14.9. The lowest BCUT2D eigenvalue weighted by molar-refractivity contribution is -0.138. The molecule has 0 saturated heterocycles. The van der Waals surface area contributed by atoms with Gasteiger partial charge >= 0.3 is 6.18 Å². The van der Waals surface area contributed by atoms with Crippen LogP contribution in [0.3, 0.4) is 0 Å². The van der Waals surface area contributed by atoms with Crippen LogP contribution in [0.25, 0.3) is 0 Å². The van der Waals surface area contributed by atoms with Gasteiger partial charge in [-0.05, 0) is 74.0 Å². The number of carbonyl (C=O) groups is 2. The summed E-state index contributed by atoms with van der Waals surface area (Å²) in [6.07, 6.45) is -2.88. The number of ketones is 1. The number of carbonyl (C=O) groups excluding carboxylic acids is 2. The second-order valence-corrected chi connectivity index (χ2v) is 14.9. The summed E-state index contributed by atoms with van der Waals surface area (Å²) in [5.41, 5.74) is -2.76. The van der Waals surface area contributed by atoms with E-state index in [1.54, 1.807) is 23.9 Å². The monoisotopic (exact) mass is 882 g/mol. The number of hydrogen-bond donors (Lipinski definition) is 4. The second kappa shape index (κ2) is 19.8. The van der Waals surface area contributed by atoms with E-state index in [0.717, 1.165) is 24.6 Å². The molecule has 15 nitrogen and oxygen atoms in total. The Labute approximate surface area is 364 Å². The summed E-state index contributed by atoms with van der Waals surface area (Å²) in [6.45, 7) is 2.46. The Morgan fingerprint density at radius 2 is 1.59 bits per heavy atom. The van der Waals surface area contributed by atoms with Gasteiger partial charge in [-0.25, -0.2) is 9.37 Å². The number of nitriles is 2. The summed E-state index contributed by atoms with van der Waals surface area (Å²) >= 11 is 0. The fraction of sp³-hybridized carbons (Fsp3) is 0.311. The van der Waals surface area contributed by atoms with Crippen LogP contribution in [0.15, 0.2) is 79.1 Å². The van der Waals surface area contributed by atoms with Crippen molar-refractivity contribution in [3.63, 3.8) is 0 Å². The number of aliphatic hydroxyl groups is 1. The first kappa shape index (κ1) is 46.2. The van der Waals surface area contributed by atoms with Gasteiger partial charge in [0.2, 0.25) is 0 Å². The number of aromatic nitrogens is 3. The molecule has 64 heavy (non-hydrogen) atoms. The molecule has 4 aromatic carbocycles. The number of hydrogen-bond acceptors (Lipinski definition) is 13. The van der Waals surface area contributed by atoms with Gasteiger partial charge in [-0.2, -0.15) is 28.8 Å². The first-order chi connectivity index (χ1) is 30.5. The first-order valence-electron chi connectivity index (χ1n) is 19.8. The third-order valence-corrected chi connectivity index (χ3v) is 10.1. The molecule has 1 aliphatic rings. The molecular weight excluding hydrogens is 841 g/mol. The molecule has 19 heteroatoms. The molecule has 1 amide bonds.